The number of nitrogens with zero attached hydrogens (tertiary/aromatic N) is 1. The third-order valence-corrected chi connectivity index (χ3v) is 3.76. The van der Waals surface area contributed by atoms with Gasteiger partial charge in [-0.05, 0) is 46.7 Å². The van der Waals surface area contributed by atoms with Crippen LogP contribution in [0.4, 0.5) is 0 Å². The average molecular weight is 376 g/mol. The maximum absolute atomic E-state index is 11.4. The van der Waals surface area contributed by atoms with Gasteiger partial charge in [-0.25, -0.2) is 4.79 Å². The van der Waals surface area contributed by atoms with Gasteiger partial charge in [0.05, 0.1) is 46.2 Å². The first kappa shape index (κ1) is 23.3. The number of likely N-dealkylation sites (tertiary alicyclic amines) is 1. The molecule has 0 saturated carbocycles. The van der Waals surface area contributed by atoms with Crippen LogP contribution in [0.25, 0.3) is 0 Å². The zero-order chi connectivity index (χ0) is 19.1. The summed E-state index contributed by atoms with van der Waals surface area (Å²) in [5.74, 6) is -0.360. The van der Waals surface area contributed by atoms with Gasteiger partial charge >= 0.3 is 5.97 Å². The van der Waals surface area contributed by atoms with Crippen molar-refractivity contribution in [1.29, 1.82) is 0 Å². The van der Waals surface area contributed by atoms with Gasteiger partial charge in [0.2, 0.25) is 0 Å². The Morgan fingerprint density at radius 1 is 0.769 bits per heavy atom. The lowest BCUT2D eigenvalue weighted by Crippen LogP contribution is -2.32. The highest BCUT2D eigenvalue weighted by Crippen LogP contribution is 2.07. The van der Waals surface area contributed by atoms with Gasteiger partial charge in [-0.1, -0.05) is 6.42 Å². The second-order valence-corrected chi connectivity index (χ2v) is 7.38. The molecule has 0 unspecified atom stereocenters. The number of hydrogen-bond donors (Lipinski definition) is 0. The Morgan fingerprint density at radius 3 is 1.81 bits per heavy atom. The van der Waals surface area contributed by atoms with Gasteiger partial charge in [-0.2, -0.15) is 0 Å². The van der Waals surface area contributed by atoms with Crippen molar-refractivity contribution in [2.24, 2.45) is 0 Å². The molecule has 1 aliphatic heterocycles. The van der Waals surface area contributed by atoms with E-state index in [4.69, 9.17) is 23.7 Å². The van der Waals surface area contributed by atoms with Crippen LogP contribution in [0.5, 0.6) is 0 Å². The lowest BCUT2D eigenvalue weighted by molar-refractivity contribution is -0.160. The van der Waals surface area contributed by atoms with Crippen LogP contribution in [0.3, 0.4) is 0 Å². The van der Waals surface area contributed by atoms with E-state index in [-0.39, 0.29) is 12.6 Å². The molecule has 0 aliphatic carbocycles. The van der Waals surface area contributed by atoms with E-state index in [1.165, 1.54) is 32.4 Å². The van der Waals surface area contributed by atoms with Gasteiger partial charge in [0.1, 0.15) is 12.2 Å². The molecule has 26 heavy (non-hydrogen) atoms. The molecule has 1 aliphatic rings. The van der Waals surface area contributed by atoms with E-state index in [0.717, 1.165) is 13.2 Å². The Labute approximate surface area is 158 Å². The average Bonchev–Trinajstić information content (AvgIpc) is 2.58. The van der Waals surface area contributed by atoms with E-state index in [1.54, 1.807) is 0 Å². The standard InChI is InChI=1S/C19H37NO6/c1-19(2,3)26-18(21)17-25-16-15-24-14-13-23-12-11-22-10-9-20-7-5-4-6-8-20/h4-17H2,1-3H3. The van der Waals surface area contributed by atoms with E-state index in [1.807, 2.05) is 20.8 Å². The highest BCUT2D eigenvalue weighted by molar-refractivity contribution is 5.71. The van der Waals surface area contributed by atoms with Crippen LogP contribution in [0.2, 0.25) is 0 Å². The first-order valence-corrected chi connectivity index (χ1v) is 9.72. The molecule has 0 radical (unpaired) electrons. The fourth-order valence-corrected chi connectivity index (χ4v) is 2.56. The van der Waals surface area contributed by atoms with Crippen molar-refractivity contribution in [3.63, 3.8) is 0 Å². The topological polar surface area (TPSA) is 66.5 Å². The van der Waals surface area contributed by atoms with Crippen molar-refractivity contribution in [3.8, 4) is 0 Å². The third kappa shape index (κ3) is 14.4. The summed E-state index contributed by atoms with van der Waals surface area (Å²) in [6.07, 6.45) is 3.99. The number of hydrogen-bond acceptors (Lipinski definition) is 7. The van der Waals surface area contributed by atoms with Gasteiger partial charge in [-0.3, -0.25) is 0 Å². The normalized spacial score (nSPS) is 16.0. The maximum atomic E-state index is 11.4. The van der Waals surface area contributed by atoms with Crippen molar-refractivity contribution in [2.75, 3.05) is 72.5 Å². The summed E-state index contributed by atoms with van der Waals surface area (Å²) in [4.78, 5) is 13.9. The van der Waals surface area contributed by atoms with Crippen molar-refractivity contribution in [3.05, 3.63) is 0 Å². The molecule has 0 bridgehead atoms. The van der Waals surface area contributed by atoms with Crippen LogP contribution in [0.1, 0.15) is 40.0 Å². The predicted molar refractivity (Wildman–Crippen MR) is 99.4 cm³/mol. The summed E-state index contributed by atoms with van der Waals surface area (Å²) in [6, 6.07) is 0. The predicted octanol–water partition coefficient (Wildman–Crippen LogP) is 1.88. The highest BCUT2D eigenvalue weighted by Gasteiger charge is 2.15. The summed E-state index contributed by atoms with van der Waals surface area (Å²) in [5.41, 5.74) is -0.481. The molecule has 1 saturated heterocycles. The van der Waals surface area contributed by atoms with Gasteiger partial charge in [0, 0.05) is 6.54 Å². The molecule has 1 rings (SSSR count). The lowest BCUT2D eigenvalue weighted by atomic mass is 10.1. The van der Waals surface area contributed by atoms with Gasteiger partial charge in [0.25, 0.3) is 0 Å². The molecule has 7 nitrogen and oxygen atoms in total. The minimum Gasteiger partial charge on any atom is -0.458 e. The molecular formula is C19H37NO6. The molecular weight excluding hydrogens is 338 g/mol. The fraction of sp³-hybridized carbons (Fsp3) is 0.947. The lowest BCUT2D eigenvalue weighted by Gasteiger charge is -2.26. The minimum absolute atomic E-state index is 0.0497. The Bertz CT molecular complexity index is 352. The van der Waals surface area contributed by atoms with Crippen molar-refractivity contribution in [2.45, 2.75) is 45.6 Å². The van der Waals surface area contributed by atoms with Crippen molar-refractivity contribution in [1.82, 2.24) is 4.90 Å². The first-order chi connectivity index (χ1) is 12.5. The zero-order valence-corrected chi connectivity index (χ0v) is 16.8. The Kier molecular flexibility index (Phi) is 12.9. The molecule has 0 aromatic carbocycles. The molecule has 0 aromatic rings. The molecule has 1 heterocycles. The van der Waals surface area contributed by atoms with Crippen molar-refractivity contribution < 1.29 is 28.5 Å². The smallest absolute Gasteiger partial charge is 0.332 e. The van der Waals surface area contributed by atoms with E-state index < -0.39 is 5.60 Å². The van der Waals surface area contributed by atoms with Gasteiger partial charge in [-0.15, -0.1) is 0 Å². The SMILES string of the molecule is CC(C)(C)OC(=O)COCCOCCOCCOCCN1CCCCC1. The van der Waals surface area contributed by atoms with E-state index in [9.17, 15) is 4.79 Å². The van der Waals surface area contributed by atoms with Crippen LogP contribution in [0.15, 0.2) is 0 Å². The molecule has 0 amide bonds. The van der Waals surface area contributed by atoms with E-state index in [2.05, 4.69) is 4.90 Å². The summed E-state index contributed by atoms with van der Waals surface area (Å²) < 4.78 is 26.7. The molecule has 7 heteroatoms. The molecule has 0 atom stereocenters. The number of ether oxygens (including phenoxy) is 5. The molecule has 0 aromatic heterocycles. The molecule has 0 N–H and O–H groups in total. The zero-order valence-electron chi connectivity index (χ0n) is 16.8. The Hall–Kier alpha value is -0.730. The summed E-state index contributed by atoms with van der Waals surface area (Å²) in [5, 5.41) is 0. The van der Waals surface area contributed by atoms with Crippen LogP contribution < -0.4 is 0 Å². The summed E-state index contributed by atoms with van der Waals surface area (Å²) >= 11 is 0. The number of rotatable bonds is 14. The largest absolute Gasteiger partial charge is 0.458 e. The fourth-order valence-electron chi connectivity index (χ4n) is 2.56. The first-order valence-electron chi connectivity index (χ1n) is 9.72. The summed E-state index contributed by atoms with van der Waals surface area (Å²) in [6.45, 7) is 12.7. The highest BCUT2D eigenvalue weighted by atomic mass is 16.6. The monoisotopic (exact) mass is 375 g/mol. The second kappa shape index (κ2) is 14.3. The number of carbonyl (C=O) groups excluding carboxylic acids is 1. The number of piperidine rings is 1. The molecule has 0 spiro atoms. The number of carbonyl (C=O) groups is 1. The van der Waals surface area contributed by atoms with Crippen LogP contribution in [-0.4, -0.2) is 89.0 Å². The summed E-state index contributed by atoms with van der Waals surface area (Å²) in [7, 11) is 0. The maximum Gasteiger partial charge on any atom is 0.332 e. The quantitative estimate of drug-likeness (QED) is 0.339. The van der Waals surface area contributed by atoms with E-state index in [0.29, 0.717) is 39.6 Å². The van der Waals surface area contributed by atoms with Crippen LogP contribution >= 0.6 is 0 Å². The van der Waals surface area contributed by atoms with Crippen LogP contribution in [0, 0.1) is 0 Å². The Morgan fingerprint density at radius 2 is 1.27 bits per heavy atom. The third-order valence-electron chi connectivity index (χ3n) is 3.76. The number of esters is 1. The minimum atomic E-state index is -0.481. The van der Waals surface area contributed by atoms with Crippen LogP contribution in [-0.2, 0) is 28.5 Å². The Balaban J connectivity index is 1.75. The van der Waals surface area contributed by atoms with Gasteiger partial charge in [0.15, 0.2) is 0 Å². The molecule has 154 valence electrons. The van der Waals surface area contributed by atoms with Gasteiger partial charge < -0.3 is 28.6 Å². The van der Waals surface area contributed by atoms with Crippen molar-refractivity contribution >= 4 is 5.97 Å². The second-order valence-electron chi connectivity index (χ2n) is 7.38. The van der Waals surface area contributed by atoms with E-state index >= 15 is 0 Å². The molecule has 1 fully saturated rings.